The molecule has 0 amide bonds. The Morgan fingerprint density at radius 3 is 2.67 bits per heavy atom. The molecule has 2 unspecified atom stereocenters. The van der Waals surface area contributed by atoms with Crippen LogP contribution in [0.25, 0.3) is 0 Å². The monoisotopic (exact) mass is 223 g/mol. The zero-order chi connectivity index (χ0) is 10.9. The maximum absolute atomic E-state index is 12.6. The Morgan fingerprint density at radius 1 is 1.53 bits per heavy atom. The van der Waals surface area contributed by atoms with E-state index in [0.717, 1.165) is 4.90 Å². The molecular weight excluding hydrogens is 213 g/mol. The van der Waals surface area contributed by atoms with E-state index >= 15 is 0 Å². The van der Waals surface area contributed by atoms with Gasteiger partial charge in [0.1, 0.15) is 10.6 Å². The Hall–Kier alpha value is -1.05. The molecule has 0 bridgehead atoms. The van der Waals surface area contributed by atoms with E-state index in [0.29, 0.717) is 6.42 Å². The van der Waals surface area contributed by atoms with Crippen molar-refractivity contribution in [2.24, 2.45) is 5.92 Å². The number of aliphatic hydroxyl groups is 1. The number of thioether (sulfide) groups is 1. The SMILES string of the molecule is N#CC1(Sc2ccc(F)cc2)CC1CO. The number of nitriles is 1. The second-order valence-corrected chi connectivity index (χ2v) is 5.04. The van der Waals surface area contributed by atoms with Crippen molar-refractivity contribution in [1.29, 1.82) is 5.26 Å². The molecule has 4 heteroatoms. The molecule has 2 rings (SSSR count). The number of rotatable bonds is 3. The average Bonchev–Trinajstić information content (AvgIpc) is 2.96. The molecule has 1 saturated carbocycles. The van der Waals surface area contributed by atoms with Crippen molar-refractivity contribution < 1.29 is 9.50 Å². The highest BCUT2D eigenvalue weighted by Gasteiger charge is 2.55. The third kappa shape index (κ3) is 1.99. The van der Waals surface area contributed by atoms with Crippen LogP contribution in [0.5, 0.6) is 0 Å². The molecule has 1 fully saturated rings. The van der Waals surface area contributed by atoms with Crippen LogP contribution in [-0.4, -0.2) is 16.5 Å². The summed E-state index contributed by atoms with van der Waals surface area (Å²) in [5.74, 6) is -0.225. The van der Waals surface area contributed by atoms with Gasteiger partial charge in [-0.3, -0.25) is 0 Å². The van der Waals surface area contributed by atoms with Crippen LogP contribution in [-0.2, 0) is 0 Å². The summed E-state index contributed by atoms with van der Waals surface area (Å²) in [6, 6.07) is 8.30. The molecule has 0 heterocycles. The van der Waals surface area contributed by atoms with Crippen LogP contribution in [0.3, 0.4) is 0 Å². The molecular formula is C11H10FNOS. The summed E-state index contributed by atoms with van der Waals surface area (Å²) >= 11 is 1.41. The van der Waals surface area contributed by atoms with Crippen LogP contribution in [0.4, 0.5) is 4.39 Å². The quantitative estimate of drug-likeness (QED) is 0.854. The molecule has 0 aliphatic heterocycles. The van der Waals surface area contributed by atoms with E-state index < -0.39 is 4.75 Å². The van der Waals surface area contributed by atoms with E-state index in [9.17, 15) is 4.39 Å². The number of halogens is 1. The molecule has 1 aliphatic rings. The first-order chi connectivity index (χ1) is 7.20. The lowest BCUT2D eigenvalue weighted by Gasteiger charge is -2.06. The summed E-state index contributed by atoms with van der Waals surface area (Å²) in [4.78, 5) is 0.869. The standard InChI is InChI=1S/C11H10FNOS/c12-9-1-3-10(4-2-9)15-11(7-13)5-8(11)6-14/h1-4,8,14H,5-6H2. The van der Waals surface area contributed by atoms with Crippen molar-refractivity contribution in [1.82, 2.24) is 0 Å². The van der Waals surface area contributed by atoms with Crippen molar-refractivity contribution in [3.63, 3.8) is 0 Å². The maximum Gasteiger partial charge on any atom is 0.123 e. The molecule has 0 aromatic heterocycles. The molecule has 2 nitrogen and oxygen atoms in total. The largest absolute Gasteiger partial charge is 0.396 e. The smallest absolute Gasteiger partial charge is 0.123 e. The van der Waals surface area contributed by atoms with Crippen LogP contribution in [0.1, 0.15) is 6.42 Å². The molecule has 1 aromatic rings. The normalized spacial score (nSPS) is 28.5. The minimum absolute atomic E-state index is 0.0434. The van der Waals surface area contributed by atoms with Gasteiger partial charge < -0.3 is 5.11 Å². The van der Waals surface area contributed by atoms with Gasteiger partial charge in [0, 0.05) is 17.4 Å². The van der Waals surface area contributed by atoms with Gasteiger partial charge in [-0.15, -0.1) is 11.8 Å². The fourth-order valence-corrected chi connectivity index (χ4v) is 2.78. The summed E-state index contributed by atoms with van der Waals surface area (Å²) in [7, 11) is 0. The Labute approximate surface area is 91.7 Å². The third-order valence-corrected chi connectivity index (χ3v) is 4.04. The Morgan fingerprint density at radius 2 is 2.20 bits per heavy atom. The highest BCUT2D eigenvalue weighted by atomic mass is 32.2. The van der Waals surface area contributed by atoms with Crippen molar-refractivity contribution in [2.45, 2.75) is 16.1 Å². The lowest BCUT2D eigenvalue weighted by Crippen LogP contribution is -2.05. The highest BCUT2D eigenvalue weighted by molar-refractivity contribution is 8.01. The molecule has 0 spiro atoms. The first kappa shape index (κ1) is 10.5. The van der Waals surface area contributed by atoms with Gasteiger partial charge in [0.05, 0.1) is 6.07 Å². The van der Waals surface area contributed by atoms with E-state index in [2.05, 4.69) is 6.07 Å². The molecule has 2 atom stereocenters. The molecule has 1 N–H and O–H groups in total. The van der Waals surface area contributed by atoms with Gasteiger partial charge in [0.15, 0.2) is 0 Å². The summed E-state index contributed by atoms with van der Waals surface area (Å²) in [6.07, 6.45) is 0.710. The van der Waals surface area contributed by atoms with Gasteiger partial charge >= 0.3 is 0 Å². The number of hydrogen-bond donors (Lipinski definition) is 1. The van der Waals surface area contributed by atoms with Gasteiger partial charge in [0.25, 0.3) is 0 Å². The van der Waals surface area contributed by atoms with E-state index in [-0.39, 0.29) is 18.3 Å². The number of hydrogen-bond acceptors (Lipinski definition) is 3. The second kappa shape index (κ2) is 3.84. The van der Waals surface area contributed by atoms with Gasteiger partial charge in [0.2, 0.25) is 0 Å². The van der Waals surface area contributed by atoms with Crippen molar-refractivity contribution in [3.05, 3.63) is 30.1 Å². The van der Waals surface area contributed by atoms with Crippen LogP contribution >= 0.6 is 11.8 Å². The lowest BCUT2D eigenvalue weighted by atomic mass is 10.3. The summed E-state index contributed by atoms with van der Waals surface area (Å²) in [5.41, 5.74) is 0. The summed E-state index contributed by atoms with van der Waals surface area (Å²) in [6.45, 7) is 0.0434. The minimum atomic E-state index is -0.493. The van der Waals surface area contributed by atoms with Crippen LogP contribution < -0.4 is 0 Å². The van der Waals surface area contributed by atoms with E-state index in [1.54, 1.807) is 12.1 Å². The van der Waals surface area contributed by atoms with Crippen LogP contribution in [0.2, 0.25) is 0 Å². The minimum Gasteiger partial charge on any atom is -0.396 e. The molecule has 15 heavy (non-hydrogen) atoms. The molecule has 0 saturated heterocycles. The van der Waals surface area contributed by atoms with Gasteiger partial charge in [-0.1, -0.05) is 0 Å². The Bertz CT molecular complexity index is 400. The number of aliphatic hydroxyl groups excluding tert-OH is 1. The van der Waals surface area contributed by atoms with Gasteiger partial charge in [-0.25, -0.2) is 4.39 Å². The third-order valence-electron chi connectivity index (χ3n) is 2.57. The molecule has 1 aromatic carbocycles. The first-order valence-electron chi connectivity index (χ1n) is 4.67. The van der Waals surface area contributed by atoms with Crippen molar-refractivity contribution in [3.8, 4) is 6.07 Å². The van der Waals surface area contributed by atoms with Crippen molar-refractivity contribution in [2.75, 3.05) is 6.61 Å². The highest BCUT2D eigenvalue weighted by Crippen LogP contribution is 2.56. The topological polar surface area (TPSA) is 44.0 Å². The molecule has 1 aliphatic carbocycles. The number of benzene rings is 1. The predicted octanol–water partition coefficient (Wildman–Crippen LogP) is 2.19. The fraction of sp³-hybridized carbons (Fsp3) is 0.364. The Balaban J connectivity index is 2.10. The average molecular weight is 223 g/mol. The second-order valence-electron chi connectivity index (χ2n) is 3.64. The molecule has 0 radical (unpaired) electrons. The zero-order valence-electron chi connectivity index (χ0n) is 7.98. The van der Waals surface area contributed by atoms with E-state index in [1.165, 1.54) is 23.9 Å². The summed E-state index contributed by atoms with van der Waals surface area (Å²) < 4.78 is 12.2. The predicted molar refractivity (Wildman–Crippen MR) is 55.8 cm³/mol. The van der Waals surface area contributed by atoms with Crippen LogP contribution in [0, 0.1) is 23.1 Å². The van der Waals surface area contributed by atoms with Crippen LogP contribution in [0.15, 0.2) is 29.2 Å². The van der Waals surface area contributed by atoms with Gasteiger partial charge in [-0.2, -0.15) is 5.26 Å². The summed E-state index contributed by atoms with van der Waals surface area (Å²) in [5, 5.41) is 18.0. The maximum atomic E-state index is 12.6. The lowest BCUT2D eigenvalue weighted by molar-refractivity contribution is 0.275. The van der Waals surface area contributed by atoms with Gasteiger partial charge in [-0.05, 0) is 30.7 Å². The zero-order valence-corrected chi connectivity index (χ0v) is 8.80. The van der Waals surface area contributed by atoms with E-state index in [4.69, 9.17) is 10.4 Å². The first-order valence-corrected chi connectivity index (χ1v) is 5.48. The fourth-order valence-electron chi connectivity index (χ4n) is 1.52. The van der Waals surface area contributed by atoms with Crippen molar-refractivity contribution >= 4 is 11.8 Å². The Kier molecular flexibility index (Phi) is 2.68. The number of nitrogens with zero attached hydrogens (tertiary/aromatic N) is 1. The van der Waals surface area contributed by atoms with E-state index in [1.807, 2.05) is 0 Å². The molecule has 78 valence electrons.